The van der Waals surface area contributed by atoms with Crippen LogP contribution in [0.5, 0.6) is 0 Å². The molecule has 2 aliphatic rings. The molecule has 21 heavy (non-hydrogen) atoms. The number of hydrogen-bond acceptors (Lipinski definition) is 3. The molecule has 114 valence electrons. The molecule has 1 aromatic carbocycles. The van der Waals surface area contributed by atoms with E-state index in [-0.39, 0.29) is 11.9 Å². The van der Waals surface area contributed by atoms with Crippen molar-refractivity contribution in [3.8, 4) is 0 Å². The van der Waals surface area contributed by atoms with Gasteiger partial charge < -0.3 is 15.5 Å². The number of benzene rings is 1. The average Bonchev–Trinajstić information content (AvgIpc) is 2.64. The van der Waals surface area contributed by atoms with Gasteiger partial charge in [0.15, 0.2) is 0 Å². The van der Waals surface area contributed by atoms with E-state index in [0.29, 0.717) is 6.04 Å². The van der Waals surface area contributed by atoms with E-state index >= 15 is 0 Å². The summed E-state index contributed by atoms with van der Waals surface area (Å²) in [5.41, 5.74) is 3.29. The molecule has 0 saturated carbocycles. The second-order valence-corrected chi connectivity index (χ2v) is 6.14. The van der Waals surface area contributed by atoms with Crippen molar-refractivity contribution < 1.29 is 4.79 Å². The van der Waals surface area contributed by atoms with Gasteiger partial charge in [0, 0.05) is 29.5 Å². The summed E-state index contributed by atoms with van der Waals surface area (Å²) in [4.78, 5) is 14.5. The number of anilines is 2. The number of hydrogen-bond donors (Lipinski definition) is 2. The number of nitrogens with zero attached hydrogens (tertiary/aromatic N) is 1. The number of nitrogens with one attached hydrogen (secondary N) is 2. The Kier molecular flexibility index (Phi) is 4.15. The molecule has 0 radical (unpaired) electrons. The summed E-state index contributed by atoms with van der Waals surface area (Å²) in [6.07, 6.45) is 5.16. The topological polar surface area (TPSA) is 44.4 Å². The van der Waals surface area contributed by atoms with E-state index in [1.807, 2.05) is 6.92 Å². The summed E-state index contributed by atoms with van der Waals surface area (Å²) < 4.78 is 0. The molecule has 2 unspecified atom stereocenters. The maximum Gasteiger partial charge on any atom is 0.246 e. The third kappa shape index (κ3) is 2.77. The zero-order valence-corrected chi connectivity index (χ0v) is 13.0. The summed E-state index contributed by atoms with van der Waals surface area (Å²) >= 11 is 0. The molecule has 0 aliphatic carbocycles. The molecule has 1 aromatic rings. The molecule has 1 amide bonds. The van der Waals surface area contributed by atoms with Gasteiger partial charge in [-0.15, -0.1) is 0 Å². The van der Waals surface area contributed by atoms with Gasteiger partial charge >= 0.3 is 0 Å². The number of carbonyl (C=O) groups is 1. The molecule has 1 fully saturated rings. The van der Waals surface area contributed by atoms with Crippen LogP contribution in [-0.4, -0.2) is 25.0 Å². The lowest BCUT2D eigenvalue weighted by atomic mass is 10.1. The Morgan fingerprint density at radius 3 is 3.00 bits per heavy atom. The Bertz CT molecular complexity index is 529. The molecule has 2 aliphatic heterocycles. The first-order valence-corrected chi connectivity index (χ1v) is 8.15. The van der Waals surface area contributed by atoms with Crippen molar-refractivity contribution in [2.75, 3.05) is 23.3 Å². The number of carbonyl (C=O) groups excluding carboxylic acids is 1. The van der Waals surface area contributed by atoms with Crippen molar-refractivity contribution in [1.82, 2.24) is 5.32 Å². The van der Waals surface area contributed by atoms with E-state index in [9.17, 15) is 4.79 Å². The zero-order chi connectivity index (χ0) is 14.8. The van der Waals surface area contributed by atoms with Crippen LogP contribution in [0.25, 0.3) is 0 Å². The minimum Gasteiger partial charge on any atom is -0.369 e. The Balaban J connectivity index is 1.86. The maximum absolute atomic E-state index is 12.0. The Labute approximate surface area is 126 Å². The summed E-state index contributed by atoms with van der Waals surface area (Å²) in [5.74, 6) is 0.0629. The van der Waals surface area contributed by atoms with E-state index in [1.54, 1.807) is 0 Å². The minimum atomic E-state index is -0.194. The van der Waals surface area contributed by atoms with E-state index in [0.717, 1.165) is 24.3 Å². The SMILES string of the molecule is CCNC1C(=O)Nc2cc(N3CCCCCC3C)ccc21. The second kappa shape index (κ2) is 6.06. The van der Waals surface area contributed by atoms with Gasteiger partial charge in [0.1, 0.15) is 6.04 Å². The standard InChI is InChI=1S/C17H25N3O/c1-3-18-16-14-9-8-13(11-15(14)19-17(16)21)20-10-6-4-5-7-12(20)2/h8-9,11-12,16,18H,3-7,10H2,1-2H3,(H,19,21). The number of amides is 1. The highest BCUT2D eigenvalue weighted by molar-refractivity contribution is 6.03. The van der Waals surface area contributed by atoms with Gasteiger partial charge in [-0.05, 0) is 38.4 Å². The van der Waals surface area contributed by atoms with E-state index in [4.69, 9.17) is 0 Å². The van der Waals surface area contributed by atoms with Crippen molar-refractivity contribution in [3.63, 3.8) is 0 Å². The van der Waals surface area contributed by atoms with Crippen LogP contribution >= 0.6 is 0 Å². The molecule has 0 bridgehead atoms. The van der Waals surface area contributed by atoms with Gasteiger partial charge in [0.25, 0.3) is 0 Å². The van der Waals surface area contributed by atoms with Gasteiger partial charge in [-0.3, -0.25) is 4.79 Å². The third-order valence-electron chi connectivity index (χ3n) is 4.66. The number of rotatable bonds is 3. The largest absolute Gasteiger partial charge is 0.369 e. The molecule has 3 rings (SSSR count). The molecule has 0 aromatic heterocycles. The smallest absolute Gasteiger partial charge is 0.246 e. The second-order valence-electron chi connectivity index (χ2n) is 6.14. The first-order chi connectivity index (χ1) is 10.2. The van der Waals surface area contributed by atoms with Crippen LogP contribution in [0.1, 0.15) is 51.1 Å². The highest BCUT2D eigenvalue weighted by Gasteiger charge is 2.30. The van der Waals surface area contributed by atoms with Crippen LogP contribution in [0.2, 0.25) is 0 Å². The van der Waals surface area contributed by atoms with E-state index in [2.05, 4.69) is 40.7 Å². The fraction of sp³-hybridized carbons (Fsp3) is 0.588. The van der Waals surface area contributed by atoms with Crippen LogP contribution in [0.15, 0.2) is 18.2 Å². The van der Waals surface area contributed by atoms with Crippen molar-refractivity contribution in [3.05, 3.63) is 23.8 Å². The first kappa shape index (κ1) is 14.4. The normalized spacial score (nSPS) is 25.4. The van der Waals surface area contributed by atoms with Crippen molar-refractivity contribution in [2.45, 2.75) is 51.6 Å². The van der Waals surface area contributed by atoms with Gasteiger partial charge in [-0.25, -0.2) is 0 Å². The fourth-order valence-electron chi connectivity index (χ4n) is 3.49. The lowest BCUT2D eigenvalue weighted by Gasteiger charge is -2.30. The molecule has 4 nitrogen and oxygen atoms in total. The molecular weight excluding hydrogens is 262 g/mol. The van der Waals surface area contributed by atoms with E-state index < -0.39 is 0 Å². The van der Waals surface area contributed by atoms with Crippen LogP contribution in [0, 0.1) is 0 Å². The fourth-order valence-corrected chi connectivity index (χ4v) is 3.49. The lowest BCUT2D eigenvalue weighted by molar-refractivity contribution is -0.117. The average molecular weight is 287 g/mol. The summed E-state index contributed by atoms with van der Waals surface area (Å²) in [6.45, 7) is 6.24. The zero-order valence-electron chi connectivity index (χ0n) is 13.0. The maximum atomic E-state index is 12.0. The summed E-state index contributed by atoms with van der Waals surface area (Å²) in [7, 11) is 0. The molecule has 2 N–H and O–H groups in total. The molecular formula is C17H25N3O. The lowest BCUT2D eigenvalue weighted by Crippen LogP contribution is -2.32. The van der Waals surface area contributed by atoms with Crippen molar-refractivity contribution in [1.29, 1.82) is 0 Å². The van der Waals surface area contributed by atoms with Gasteiger partial charge in [0.2, 0.25) is 5.91 Å². The van der Waals surface area contributed by atoms with Crippen LogP contribution in [0.4, 0.5) is 11.4 Å². The van der Waals surface area contributed by atoms with Crippen LogP contribution in [-0.2, 0) is 4.79 Å². The first-order valence-electron chi connectivity index (χ1n) is 8.15. The Hall–Kier alpha value is -1.55. The van der Waals surface area contributed by atoms with Crippen LogP contribution < -0.4 is 15.5 Å². The van der Waals surface area contributed by atoms with Crippen LogP contribution in [0.3, 0.4) is 0 Å². The minimum absolute atomic E-state index is 0.0629. The molecule has 2 atom stereocenters. The Morgan fingerprint density at radius 1 is 1.33 bits per heavy atom. The quantitative estimate of drug-likeness (QED) is 0.898. The molecule has 4 heteroatoms. The molecule has 0 spiro atoms. The molecule has 1 saturated heterocycles. The van der Waals surface area contributed by atoms with Gasteiger partial charge in [-0.1, -0.05) is 25.8 Å². The Morgan fingerprint density at radius 2 is 2.19 bits per heavy atom. The highest BCUT2D eigenvalue weighted by atomic mass is 16.2. The summed E-state index contributed by atoms with van der Waals surface area (Å²) in [6, 6.07) is 6.80. The number of fused-ring (bicyclic) bond motifs is 1. The summed E-state index contributed by atoms with van der Waals surface area (Å²) in [5, 5.41) is 6.26. The number of likely N-dealkylation sites (N-methyl/N-ethyl adjacent to an activating group) is 1. The predicted molar refractivity (Wildman–Crippen MR) is 86.8 cm³/mol. The van der Waals surface area contributed by atoms with Gasteiger partial charge in [0.05, 0.1) is 0 Å². The monoisotopic (exact) mass is 287 g/mol. The van der Waals surface area contributed by atoms with Crippen molar-refractivity contribution >= 4 is 17.3 Å². The van der Waals surface area contributed by atoms with Gasteiger partial charge in [-0.2, -0.15) is 0 Å². The third-order valence-corrected chi connectivity index (χ3v) is 4.66. The van der Waals surface area contributed by atoms with E-state index in [1.165, 1.54) is 31.4 Å². The highest BCUT2D eigenvalue weighted by Crippen LogP contribution is 2.35. The van der Waals surface area contributed by atoms with Crippen molar-refractivity contribution in [2.24, 2.45) is 0 Å². The predicted octanol–water partition coefficient (Wildman–Crippen LogP) is 3.06. The molecule has 2 heterocycles.